The number of fused-ring (bicyclic) bond motifs is 1. The summed E-state index contributed by atoms with van der Waals surface area (Å²) in [6, 6.07) is 19.5. The molecular weight excluding hydrogens is 238 g/mol. The van der Waals surface area contributed by atoms with E-state index in [1.54, 1.807) is 0 Å². The van der Waals surface area contributed by atoms with Crippen molar-refractivity contribution in [2.45, 2.75) is 6.54 Å². The largest absolute Gasteiger partial charge is 0.315 e. The molecule has 0 amide bonds. The summed E-state index contributed by atoms with van der Waals surface area (Å²) in [5.74, 6) is 0. The zero-order valence-electron chi connectivity index (χ0n) is 10.3. The van der Waals surface area contributed by atoms with E-state index in [1.165, 1.54) is 26.1 Å². The molecule has 0 aliphatic heterocycles. The van der Waals surface area contributed by atoms with Gasteiger partial charge in [0, 0.05) is 16.3 Å². The molecule has 3 aromatic rings. The molecule has 1 heterocycles. The highest BCUT2D eigenvalue weighted by Crippen LogP contribution is 2.33. The topological polar surface area (TPSA) is 12.0 Å². The summed E-state index contributed by atoms with van der Waals surface area (Å²) in [4.78, 5) is 2.72. The van der Waals surface area contributed by atoms with E-state index >= 15 is 0 Å². The summed E-state index contributed by atoms with van der Waals surface area (Å²) < 4.78 is 0. The Kier molecular flexibility index (Phi) is 3.13. The summed E-state index contributed by atoms with van der Waals surface area (Å²) in [5, 5.41) is 5.83. The van der Waals surface area contributed by atoms with Crippen LogP contribution >= 0.6 is 11.3 Å². The van der Waals surface area contributed by atoms with E-state index in [9.17, 15) is 0 Å². The molecule has 0 radical (unpaired) electrons. The first-order chi connectivity index (χ1) is 8.88. The standard InChI is InChI=1S/C16H15NS/c1-17-11-13-9-10-16(18-13)15-8-4-6-12-5-2-3-7-14(12)15/h2-10,17H,11H2,1H3. The number of hydrogen-bond donors (Lipinski definition) is 1. The van der Waals surface area contributed by atoms with Crippen LogP contribution in [0.4, 0.5) is 0 Å². The lowest BCUT2D eigenvalue weighted by Crippen LogP contribution is -2.02. The molecule has 3 rings (SSSR count). The minimum Gasteiger partial charge on any atom is -0.315 e. The Morgan fingerprint density at radius 2 is 1.78 bits per heavy atom. The highest BCUT2D eigenvalue weighted by molar-refractivity contribution is 7.15. The molecule has 0 atom stereocenters. The fourth-order valence-corrected chi connectivity index (χ4v) is 3.29. The third-order valence-corrected chi connectivity index (χ3v) is 4.19. The predicted molar refractivity (Wildman–Crippen MR) is 80.0 cm³/mol. The van der Waals surface area contributed by atoms with Gasteiger partial charge in [-0.15, -0.1) is 11.3 Å². The van der Waals surface area contributed by atoms with Gasteiger partial charge in [-0.2, -0.15) is 0 Å². The van der Waals surface area contributed by atoms with Crippen molar-refractivity contribution in [1.82, 2.24) is 5.32 Å². The van der Waals surface area contributed by atoms with Crippen LogP contribution in [0.2, 0.25) is 0 Å². The first kappa shape index (κ1) is 11.5. The Labute approximate surface area is 111 Å². The molecule has 0 aliphatic carbocycles. The second-order valence-corrected chi connectivity index (χ2v) is 5.49. The van der Waals surface area contributed by atoms with E-state index in [0.717, 1.165) is 6.54 Å². The minimum absolute atomic E-state index is 0.940. The third kappa shape index (κ3) is 2.05. The molecule has 1 nitrogen and oxygen atoms in total. The molecule has 1 aromatic heterocycles. The minimum atomic E-state index is 0.940. The Morgan fingerprint density at radius 1 is 0.944 bits per heavy atom. The van der Waals surface area contributed by atoms with Crippen molar-refractivity contribution in [3.05, 3.63) is 59.5 Å². The highest BCUT2D eigenvalue weighted by atomic mass is 32.1. The van der Waals surface area contributed by atoms with Crippen molar-refractivity contribution in [3.63, 3.8) is 0 Å². The van der Waals surface area contributed by atoms with Crippen molar-refractivity contribution in [1.29, 1.82) is 0 Å². The zero-order valence-corrected chi connectivity index (χ0v) is 11.1. The first-order valence-corrected chi connectivity index (χ1v) is 6.91. The molecule has 90 valence electrons. The number of benzene rings is 2. The molecule has 1 N–H and O–H groups in total. The van der Waals surface area contributed by atoms with Crippen molar-refractivity contribution in [3.8, 4) is 10.4 Å². The van der Waals surface area contributed by atoms with E-state index in [0.29, 0.717) is 0 Å². The molecule has 0 saturated carbocycles. The van der Waals surface area contributed by atoms with E-state index in [-0.39, 0.29) is 0 Å². The molecule has 0 saturated heterocycles. The van der Waals surface area contributed by atoms with Gasteiger partial charge < -0.3 is 5.32 Å². The van der Waals surface area contributed by atoms with Crippen LogP contribution in [0.1, 0.15) is 4.88 Å². The molecule has 2 heteroatoms. The highest BCUT2D eigenvalue weighted by Gasteiger charge is 2.05. The van der Waals surface area contributed by atoms with E-state index in [2.05, 4.69) is 59.9 Å². The summed E-state index contributed by atoms with van der Waals surface area (Å²) in [5.41, 5.74) is 1.33. The summed E-state index contributed by atoms with van der Waals surface area (Å²) in [7, 11) is 1.98. The zero-order chi connectivity index (χ0) is 12.4. The van der Waals surface area contributed by atoms with Crippen LogP contribution in [0.15, 0.2) is 54.6 Å². The molecule has 0 aliphatic rings. The lowest BCUT2D eigenvalue weighted by molar-refractivity contribution is 0.831. The third-order valence-electron chi connectivity index (χ3n) is 3.07. The van der Waals surface area contributed by atoms with Crippen LogP contribution in [-0.2, 0) is 6.54 Å². The van der Waals surface area contributed by atoms with Crippen molar-refractivity contribution >= 4 is 22.1 Å². The predicted octanol–water partition coefficient (Wildman–Crippen LogP) is 4.29. The van der Waals surface area contributed by atoms with Crippen LogP contribution in [0, 0.1) is 0 Å². The van der Waals surface area contributed by atoms with E-state index in [4.69, 9.17) is 0 Å². The quantitative estimate of drug-likeness (QED) is 0.734. The average Bonchev–Trinajstić information content (AvgIpc) is 2.87. The van der Waals surface area contributed by atoms with Gasteiger partial charge in [0.15, 0.2) is 0 Å². The van der Waals surface area contributed by atoms with Crippen LogP contribution in [0.3, 0.4) is 0 Å². The normalized spacial score (nSPS) is 10.9. The summed E-state index contributed by atoms with van der Waals surface area (Å²) in [6.45, 7) is 0.940. The fourth-order valence-electron chi connectivity index (χ4n) is 2.23. The molecule has 0 bridgehead atoms. The summed E-state index contributed by atoms with van der Waals surface area (Å²) >= 11 is 1.86. The lowest BCUT2D eigenvalue weighted by atomic mass is 10.0. The van der Waals surface area contributed by atoms with Gasteiger partial charge in [0.1, 0.15) is 0 Å². The summed E-state index contributed by atoms with van der Waals surface area (Å²) in [6.07, 6.45) is 0. The SMILES string of the molecule is CNCc1ccc(-c2cccc3ccccc23)s1. The fraction of sp³-hybridized carbons (Fsp3) is 0.125. The molecule has 18 heavy (non-hydrogen) atoms. The molecule has 0 unspecified atom stereocenters. The molecule has 0 fully saturated rings. The van der Waals surface area contributed by atoms with Gasteiger partial charge in [-0.25, -0.2) is 0 Å². The Morgan fingerprint density at radius 3 is 2.67 bits per heavy atom. The van der Waals surface area contributed by atoms with Gasteiger partial charge in [-0.05, 0) is 35.5 Å². The first-order valence-electron chi connectivity index (χ1n) is 6.10. The second kappa shape index (κ2) is 4.92. The number of thiophene rings is 1. The van der Waals surface area contributed by atoms with Crippen LogP contribution in [0.25, 0.3) is 21.2 Å². The maximum atomic E-state index is 3.20. The Hall–Kier alpha value is -1.64. The number of nitrogens with one attached hydrogen (secondary N) is 1. The van der Waals surface area contributed by atoms with Gasteiger partial charge in [0.2, 0.25) is 0 Å². The smallest absolute Gasteiger partial charge is 0.0352 e. The second-order valence-electron chi connectivity index (χ2n) is 4.32. The average molecular weight is 253 g/mol. The Balaban J connectivity index is 2.12. The van der Waals surface area contributed by atoms with Crippen LogP contribution in [-0.4, -0.2) is 7.05 Å². The molecule has 2 aromatic carbocycles. The maximum Gasteiger partial charge on any atom is 0.0352 e. The molecular formula is C16H15NS. The van der Waals surface area contributed by atoms with Gasteiger partial charge in [-0.3, -0.25) is 0 Å². The van der Waals surface area contributed by atoms with Crippen molar-refractivity contribution in [2.75, 3.05) is 7.05 Å². The van der Waals surface area contributed by atoms with Crippen LogP contribution < -0.4 is 5.32 Å². The van der Waals surface area contributed by atoms with Crippen molar-refractivity contribution in [2.24, 2.45) is 0 Å². The van der Waals surface area contributed by atoms with Gasteiger partial charge in [0.05, 0.1) is 0 Å². The van der Waals surface area contributed by atoms with Crippen molar-refractivity contribution < 1.29 is 0 Å². The van der Waals surface area contributed by atoms with Gasteiger partial charge in [0.25, 0.3) is 0 Å². The van der Waals surface area contributed by atoms with Gasteiger partial charge >= 0.3 is 0 Å². The Bertz CT molecular complexity index is 664. The van der Waals surface area contributed by atoms with Crippen LogP contribution in [0.5, 0.6) is 0 Å². The number of hydrogen-bond acceptors (Lipinski definition) is 2. The lowest BCUT2D eigenvalue weighted by Gasteiger charge is -2.04. The monoisotopic (exact) mass is 253 g/mol. The maximum absolute atomic E-state index is 3.20. The number of rotatable bonds is 3. The molecule has 0 spiro atoms. The van der Waals surface area contributed by atoms with Gasteiger partial charge in [-0.1, -0.05) is 42.5 Å². The van der Waals surface area contributed by atoms with E-state index < -0.39 is 0 Å². The van der Waals surface area contributed by atoms with E-state index in [1.807, 2.05) is 18.4 Å².